The van der Waals surface area contributed by atoms with Crippen molar-refractivity contribution in [2.75, 3.05) is 7.11 Å². The van der Waals surface area contributed by atoms with E-state index in [-0.39, 0.29) is 5.15 Å². The molecule has 0 saturated heterocycles. The fourth-order valence-corrected chi connectivity index (χ4v) is 3.30. The van der Waals surface area contributed by atoms with E-state index >= 15 is 0 Å². The van der Waals surface area contributed by atoms with Crippen LogP contribution in [-0.2, 0) is 7.05 Å². The van der Waals surface area contributed by atoms with Crippen molar-refractivity contribution in [2.45, 2.75) is 0 Å². The van der Waals surface area contributed by atoms with E-state index < -0.39 is 0 Å². The van der Waals surface area contributed by atoms with Crippen LogP contribution >= 0.6 is 22.9 Å². The molecule has 0 radical (unpaired) electrons. The van der Waals surface area contributed by atoms with Crippen molar-refractivity contribution in [3.05, 3.63) is 35.5 Å². The Morgan fingerprint density at radius 1 is 1.25 bits per heavy atom. The van der Waals surface area contributed by atoms with Crippen LogP contribution in [-0.4, -0.2) is 36.8 Å². The maximum atomic E-state index is 6.19. The first kappa shape index (κ1) is 15.0. The maximum Gasteiger partial charge on any atom is 0.171 e. The maximum absolute atomic E-state index is 6.19. The lowest BCUT2D eigenvalue weighted by atomic mass is 10.1. The lowest BCUT2D eigenvalue weighted by Gasteiger charge is -2.07. The van der Waals surface area contributed by atoms with Gasteiger partial charge in [0.1, 0.15) is 23.2 Å². The number of rotatable bonds is 3. The third kappa shape index (κ3) is 2.40. The Bertz CT molecular complexity index is 1030. The predicted molar refractivity (Wildman–Crippen MR) is 92.2 cm³/mol. The Hall–Kier alpha value is -2.58. The SMILES string of the molecule is COc1cc2ncnc(-c3cn(C)nc3-c3cncs3)c2nc1Cl. The summed E-state index contributed by atoms with van der Waals surface area (Å²) in [6, 6.07) is 1.75. The summed E-state index contributed by atoms with van der Waals surface area (Å²) in [6.45, 7) is 0. The third-order valence-electron chi connectivity index (χ3n) is 3.50. The largest absolute Gasteiger partial charge is 0.493 e. The van der Waals surface area contributed by atoms with Crippen molar-refractivity contribution in [3.8, 4) is 27.6 Å². The van der Waals surface area contributed by atoms with Gasteiger partial charge in [0.25, 0.3) is 0 Å². The molecule has 9 heteroatoms. The Morgan fingerprint density at radius 2 is 2.12 bits per heavy atom. The summed E-state index contributed by atoms with van der Waals surface area (Å²) >= 11 is 7.70. The number of aromatic nitrogens is 6. The van der Waals surface area contributed by atoms with Crippen LogP contribution in [0.3, 0.4) is 0 Å². The minimum atomic E-state index is 0.268. The van der Waals surface area contributed by atoms with Gasteiger partial charge in [0.2, 0.25) is 0 Å². The van der Waals surface area contributed by atoms with Gasteiger partial charge in [-0.2, -0.15) is 5.10 Å². The van der Waals surface area contributed by atoms with Crippen molar-refractivity contribution < 1.29 is 4.74 Å². The number of hydrogen-bond donors (Lipinski definition) is 0. The van der Waals surface area contributed by atoms with Crippen molar-refractivity contribution in [3.63, 3.8) is 0 Å². The second-order valence-electron chi connectivity index (χ2n) is 5.00. The first-order chi connectivity index (χ1) is 11.7. The van der Waals surface area contributed by atoms with Crippen molar-refractivity contribution >= 4 is 34.0 Å². The molecule has 0 fully saturated rings. The van der Waals surface area contributed by atoms with E-state index in [4.69, 9.17) is 16.3 Å². The second kappa shape index (κ2) is 5.81. The first-order valence-electron chi connectivity index (χ1n) is 6.95. The highest BCUT2D eigenvalue weighted by Gasteiger charge is 2.19. The number of nitrogens with zero attached hydrogens (tertiary/aromatic N) is 6. The van der Waals surface area contributed by atoms with E-state index in [9.17, 15) is 0 Å². The molecule has 0 aliphatic rings. The summed E-state index contributed by atoms with van der Waals surface area (Å²) in [5.41, 5.74) is 5.34. The highest BCUT2D eigenvalue weighted by atomic mass is 35.5. The topological polar surface area (TPSA) is 78.6 Å². The number of thiazole rings is 1. The Labute approximate surface area is 146 Å². The predicted octanol–water partition coefficient (Wildman–Crippen LogP) is 3.21. The quantitative estimate of drug-likeness (QED) is 0.523. The highest BCUT2D eigenvalue weighted by Crippen LogP contribution is 2.36. The summed E-state index contributed by atoms with van der Waals surface area (Å²) in [6.07, 6.45) is 5.18. The van der Waals surface area contributed by atoms with E-state index in [1.54, 1.807) is 29.6 Å². The van der Waals surface area contributed by atoms with Crippen LogP contribution in [0, 0.1) is 0 Å². The first-order valence-corrected chi connectivity index (χ1v) is 8.21. The summed E-state index contributed by atoms with van der Waals surface area (Å²) in [5, 5.41) is 4.80. The summed E-state index contributed by atoms with van der Waals surface area (Å²) in [4.78, 5) is 18.2. The molecular formula is C15H11ClN6OS. The molecule has 0 saturated carbocycles. The van der Waals surface area contributed by atoms with Gasteiger partial charge in [0.15, 0.2) is 10.9 Å². The van der Waals surface area contributed by atoms with Gasteiger partial charge >= 0.3 is 0 Å². The molecule has 4 aromatic heterocycles. The van der Waals surface area contributed by atoms with Gasteiger partial charge in [-0.05, 0) is 0 Å². The van der Waals surface area contributed by atoms with Crippen LogP contribution in [0.25, 0.3) is 32.9 Å². The number of halogens is 1. The number of hydrogen-bond acceptors (Lipinski definition) is 7. The molecule has 0 bridgehead atoms. The Balaban J connectivity index is 2.00. The molecule has 120 valence electrons. The van der Waals surface area contributed by atoms with E-state index in [2.05, 4.69) is 25.0 Å². The van der Waals surface area contributed by atoms with Crippen LogP contribution in [0.5, 0.6) is 5.75 Å². The Kier molecular flexibility index (Phi) is 3.62. The monoisotopic (exact) mass is 358 g/mol. The molecule has 0 unspecified atom stereocenters. The van der Waals surface area contributed by atoms with Crippen molar-refractivity contribution in [1.82, 2.24) is 29.7 Å². The third-order valence-corrected chi connectivity index (χ3v) is 4.55. The lowest BCUT2D eigenvalue weighted by Crippen LogP contribution is -1.95. The normalized spacial score (nSPS) is 11.1. The molecule has 0 aliphatic heterocycles. The average molecular weight is 359 g/mol. The molecule has 4 heterocycles. The van der Waals surface area contributed by atoms with Gasteiger partial charge in [-0.25, -0.2) is 15.0 Å². The van der Waals surface area contributed by atoms with E-state index in [0.29, 0.717) is 22.5 Å². The zero-order valence-corrected chi connectivity index (χ0v) is 14.3. The molecule has 0 atom stereocenters. The van der Waals surface area contributed by atoms with E-state index in [1.807, 2.05) is 13.2 Å². The molecule has 24 heavy (non-hydrogen) atoms. The van der Waals surface area contributed by atoms with Crippen molar-refractivity contribution in [1.29, 1.82) is 0 Å². The fraction of sp³-hybridized carbons (Fsp3) is 0.133. The molecule has 0 aromatic carbocycles. The Morgan fingerprint density at radius 3 is 2.88 bits per heavy atom. The van der Waals surface area contributed by atoms with Gasteiger partial charge < -0.3 is 4.74 Å². The standard InChI is InChI=1S/C15H11ClN6OS/c1-22-5-8(12(21-22)11-4-17-7-24-11)13-14-9(18-6-19-13)3-10(23-2)15(16)20-14/h3-7H,1-2H3. The molecule has 4 rings (SSSR count). The zero-order valence-electron chi connectivity index (χ0n) is 12.8. The number of pyridine rings is 1. The molecule has 0 aliphatic carbocycles. The van der Waals surface area contributed by atoms with Crippen LogP contribution in [0.1, 0.15) is 0 Å². The van der Waals surface area contributed by atoms with Gasteiger partial charge in [-0.3, -0.25) is 9.67 Å². The molecule has 4 aromatic rings. The molecule has 0 N–H and O–H groups in total. The van der Waals surface area contributed by atoms with Crippen LogP contribution < -0.4 is 4.74 Å². The minimum absolute atomic E-state index is 0.268. The molecule has 7 nitrogen and oxygen atoms in total. The number of methoxy groups -OCH3 is 1. The zero-order chi connectivity index (χ0) is 16.7. The molecule has 0 spiro atoms. The van der Waals surface area contributed by atoms with Gasteiger partial charge in [0.05, 0.1) is 23.0 Å². The van der Waals surface area contributed by atoms with Gasteiger partial charge in [-0.15, -0.1) is 11.3 Å². The smallest absolute Gasteiger partial charge is 0.171 e. The van der Waals surface area contributed by atoms with Gasteiger partial charge in [0, 0.05) is 31.1 Å². The van der Waals surface area contributed by atoms with Gasteiger partial charge in [-0.1, -0.05) is 11.6 Å². The highest BCUT2D eigenvalue weighted by molar-refractivity contribution is 7.13. The van der Waals surface area contributed by atoms with Crippen LogP contribution in [0.2, 0.25) is 5.15 Å². The van der Waals surface area contributed by atoms with E-state index in [0.717, 1.165) is 16.1 Å². The van der Waals surface area contributed by atoms with Crippen LogP contribution in [0.15, 0.2) is 30.3 Å². The molecule has 0 amide bonds. The summed E-state index contributed by atoms with van der Waals surface area (Å²) in [7, 11) is 3.40. The van der Waals surface area contributed by atoms with Crippen LogP contribution in [0.4, 0.5) is 0 Å². The van der Waals surface area contributed by atoms with E-state index in [1.165, 1.54) is 17.7 Å². The summed E-state index contributed by atoms with van der Waals surface area (Å²) < 4.78 is 6.95. The number of ether oxygens (including phenoxy) is 1. The molecular weight excluding hydrogens is 348 g/mol. The number of aryl methyl sites for hydroxylation is 1. The lowest BCUT2D eigenvalue weighted by molar-refractivity contribution is 0.414. The number of fused-ring (bicyclic) bond motifs is 1. The summed E-state index contributed by atoms with van der Waals surface area (Å²) in [5.74, 6) is 0.475. The second-order valence-corrected chi connectivity index (χ2v) is 6.25. The minimum Gasteiger partial charge on any atom is -0.493 e. The fourth-order valence-electron chi connectivity index (χ4n) is 2.46. The van der Waals surface area contributed by atoms with Crippen molar-refractivity contribution in [2.24, 2.45) is 7.05 Å². The average Bonchev–Trinajstić information content (AvgIpc) is 3.23.